The van der Waals surface area contributed by atoms with Crippen LogP contribution in [0.25, 0.3) is 0 Å². The summed E-state index contributed by atoms with van der Waals surface area (Å²) < 4.78 is 9.88. The van der Waals surface area contributed by atoms with Gasteiger partial charge in [0.2, 0.25) is 0 Å². The Hall–Kier alpha value is -1.27. The molecule has 0 saturated heterocycles. The van der Waals surface area contributed by atoms with Crippen LogP contribution in [0.2, 0.25) is 0 Å². The van der Waals surface area contributed by atoms with Crippen LogP contribution in [0.3, 0.4) is 0 Å². The van der Waals surface area contributed by atoms with E-state index in [1.54, 1.807) is 7.11 Å². The van der Waals surface area contributed by atoms with Crippen LogP contribution in [-0.4, -0.2) is 26.8 Å². The van der Waals surface area contributed by atoms with Crippen LogP contribution in [0, 0.1) is 23.2 Å². The number of carbonyl (C=O) groups excluding carboxylic acids is 1. The highest BCUT2D eigenvalue weighted by atomic mass is 16.5. The van der Waals surface area contributed by atoms with E-state index >= 15 is 0 Å². The first-order chi connectivity index (χ1) is 8.15. The van der Waals surface area contributed by atoms with Crippen molar-refractivity contribution in [2.75, 3.05) is 20.3 Å². The average Bonchev–Trinajstić information content (AvgIpc) is 2.33. The van der Waals surface area contributed by atoms with Crippen LogP contribution in [0.4, 0.5) is 0 Å². The van der Waals surface area contributed by atoms with Gasteiger partial charge in [-0.1, -0.05) is 31.8 Å². The smallest absolute Gasteiger partial charge is 0.293 e. The van der Waals surface area contributed by atoms with Gasteiger partial charge in [0, 0.05) is 18.1 Å². The fourth-order valence-corrected chi connectivity index (χ4v) is 2.12. The molecule has 0 radical (unpaired) electrons. The summed E-state index contributed by atoms with van der Waals surface area (Å²) in [5.74, 6) is 6.57. The molecule has 0 N–H and O–H groups in total. The van der Waals surface area contributed by atoms with E-state index in [9.17, 15) is 4.79 Å². The lowest BCUT2D eigenvalue weighted by Crippen LogP contribution is -2.34. The van der Waals surface area contributed by atoms with Gasteiger partial charge < -0.3 is 9.47 Å². The van der Waals surface area contributed by atoms with E-state index in [-0.39, 0.29) is 5.41 Å². The summed E-state index contributed by atoms with van der Waals surface area (Å²) in [7, 11) is 1.63. The third-order valence-corrected chi connectivity index (χ3v) is 3.54. The van der Waals surface area contributed by atoms with Gasteiger partial charge in [-0.25, -0.2) is 0 Å². The third kappa shape index (κ3) is 3.34. The standard InChI is InChI=1S/C14H20O3/c1-12-6-4-7-13(8-5-9-16-3)14(12,2)10-17-11-15/h7,11-12H,4,6,9-10H2,1-3H3/t12-,14-/m1/s1. The first-order valence-corrected chi connectivity index (χ1v) is 5.89. The predicted molar refractivity (Wildman–Crippen MR) is 66.3 cm³/mol. The second-order valence-corrected chi connectivity index (χ2v) is 4.66. The molecular weight excluding hydrogens is 216 g/mol. The van der Waals surface area contributed by atoms with E-state index < -0.39 is 0 Å². The summed E-state index contributed by atoms with van der Waals surface area (Å²) in [5, 5.41) is 0. The van der Waals surface area contributed by atoms with E-state index in [0.29, 0.717) is 25.6 Å². The molecule has 17 heavy (non-hydrogen) atoms. The molecule has 0 spiro atoms. The predicted octanol–water partition coefficient (Wildman–Crippen LogP) is 2.17. The largest absolute Gasteiger partial charge is 0.467 e. The van der Waals surface area contributed by atoms with Crippen molar-refractivity contribution in [2.24, 2.45) is 11.3 Å². The third-order valence-electron chi connectivity index (χ3n) is 3.54. The molecule has 0 unspecified atom stereocenters. The second-order valence-electron chi connectivity index (χ2n) is 4.66. The highest BCUT2D eigenvalue weighted by molar-refractivity contribution is 5.40. The van der Waals surface area contributed by atoms with Crippen LogP contribution < -0.4 is 0 Å². The lowest BCUT2D eigenvalue weighted by atomic mass is 9.68. The number of hydrogen-bond donors (Lipinski definition) is 0. The molecule has 3 heteroatoms. The van der Waals surface area contributed by atoms with Gasteiger partial charge in [-0.05, 0) is 18.8 Å². The Kier molecular flexibility index (Phi) is 5.24. The van der Waals surface area contributed by atoms with E-state index in [0.717, 1.165) is 18.4 Å². The van der Waals surface area contributed by atoms with Crippen molar-refractivity contribution in [1.82, 2.24) is 0 Å². The molecule has 1 aliphatic carbocycles. The molecule has 0 bridgehead atoms. The van der Waals surface area contributed by atoms with Gasteiger partial charge in [0.05, 0.1) is 0 Å². The Morgan fingerprint density at radius 2 is 2.41 bits per heavy atom. The number of rotatable bonds is 4. The van der Waals surface area contributed by atoms with Gasteiger partial charge >= 0.3 is 0 Å². The summed E-state index contributed by atoms with van der Waals surface area (Å²) in [4.78, 5) is 10.4. The molecule has 0 aromatic heterocycles. The SMILES string of the molecule is COCC#CC1=CCC[C@@H](C)[C@@]1(C)COC=O. The molecular formula is C14H20O3. The van der Waals surface area contributed by atoms with Crippen molar-refractivity contribution in [3.05, 3.63) is 11.6 Å². The van der Waals surface area contributed by atoms with E-state index in [1.807, 2.05) is 0 Å². The normalized spacial score (nSPS) is 27.7. The molecule has 0 fully saturated rings. The number of carbonyl (C=O) groups is 1. The fraction of sp³-hybridized carbons (Fsp3) is 0.643. The van der Waals surface area contributed by atoms with Crippen LogP contribution >= 0.6 is 0 Å². The van der Waals surface area contributed by atoms with Gasteiger partial charge in [0.15, 0.2) is 0 Å². The quantitative estimate of drug-likeness (QED) is 0.554. The minimum absolute atomic E-state index is 0.167. The Morgan fingerprint density at radius 1 is 1.65 bits per heavy atom. The highest BCUT2D eigenvalue weighted by Crippen LogP contribution is 2.41. The number of allylic oxidation sites excluding steroid dienone is 1. The summed E-state index contributed by atoms with van der Waals surface area (Å²) in [5.41, 5.74) is 0.898. The van der Waals surface area contributed by atoms with E-state index in [2.05, 4.69) is 31.8 Å². The Labute approximate surface area is 103 Å². The molecule has 0 heterocycles. The molecule has 0 aromatic rings. The van der Waals surface area contributed by atoms with E-state index in [4.69, 9.17) is 9.47 Å². The fourth-order valence-electron chi connectivity index (χ4n) is 2.12. The maximum absolute atomic E-state index is 10.4. The van der Waals surface area contributed by atoms with Crippen LogP contribution in [0.5, 0.6) is 0 Å². The van der Waals surface area contributed by atoms with Crippen molar-refractivity contribution in [2.45, 2.75) is 26.7 Å². The highest BCUT2D eigenvalue weighted by Gasteiger charge is 2.37. The average molecular weight is 236 g/mol. The molecule has 0 amide bonds. The lowest BCUT2D eigenvalue weighted by molar-refractivity contribution is -0.132. The van der Waals surface area contributed by atoms with E-state index in [1.165, 1.54) is 0 Å². The van der Waals surface area contributed by atoms with Crippen molar-refractivity contribution in [3.8, 4) is 11.8 Å². The Bertz CT molecular complexity index is 348. The maximum Gasteiger partial charge on any atom is 0.293 e. The summed E-state index contributed by atoms with van der Waals surface area (Å²) in [6.45, 7) is 5.61. The van der Waals surface area contributed by atoms with Crippen molar-refractivity contribution >= 4 is 6.47 Å². The lowest BCUT2D eigenvalue weighted by Gasteiger charge is -2.38. The summed E-state index contributed by atoms with van der Waals surface area (Å²) in [6.07, 6.45) is 4.29. The zero-order chi connectivity index (χ0) is 12.7. The Balaban J connectivity index is 2.87. The minimum atomic E-state index is -0.167. The molecule has 0 aliphatic heterocycles. The van der Waals surface area contributed by atoms with Gasteiger partial charge in [0.1, 0.15) is 13.2 Å². The molecule has 1 rings (SSSR count). The van der Waals surface area contributed by atoms with Gasteiger partial charge in [-0.2, -0.15) is 0 Å². The van der Waals surface area contributed by atoms with Gasteiger partial charge in [0.25, 0.3) is 6.47 Å². The summed E-state index contributed by atoms with van der Waals surface area (Å²) in [6, 6.07) is 0. The zero-order valence-corrected chi connectivity index (χ0v) is 10.8. The summed E-state index contributed by atoms with van der Waals surface area (Å²) >= 11 is 0. The molecule has 3 nitrogen and oxygen atoms in total. The monoisotopic (exact) mass is 236 g/mol. The number of ether oxygens (including phenoxy) is 2. The Morgan fingerprint density at radius 3 is 3.06 bits per heavy atom. The molecule has 2 atom stereocenters. The van der Waals surface area contributed by atoms with Crippen LogP contribution in [0.1, 0.15) is 26.7 Å². The van der Waals surface area contributed by atoms with Crippen molar-refractivity contribution < 1.29 is 14.3 Å². The number of hydrogen-bond acceptors (Lipinski definition) is 3. The van der Waals surface area contributed by atoms with Gasteiger partial charge in [-0.15, -0.1) is 0 Å². The van der Waals surface area contributed by atoms with Crippen LogP contribution in [-0.2, 0) is 14.3 Å². The van der Waals surface area contributed by atoms with Gasteiger partial charge in [-0.3, -0.25) is 4.79 Å². The number of methoxy groups -OCH3 is 1. The van der Waals surface area contributed by atoms with Crippen LogP contribution in [0.15, 0.2) is 11.6 Å². The molecule has 0 aromatic carbocycles. The van der Waals surface area contributed by atoms with Crippen molar-refractivity contribution in [1.29, 1.82) is 0 Å². The molecule has 1 aliphatic rings. The first kappa shape index (κ1) is 13.8. The molecule has 0 saturated carbocycles. The van der Waals surface area contributed by atoms with Crippen molar-refractivity contribution in [3.63, 3.8) is 0 Å². The first-order valence-electron chi connectivity index (χ1n) is 5.89. The topological polar surface area (TPSA) is 35.5 Å². The maximum atomic E-state index is 10.4. The zero-order valence-electron chi connectivity index (χ0n) is 10.8. The second kappa shape index (κ2) is 6.46. The minimum Gasteiger partial charge on any atom is -0.467 e. The molecule has 94 valence electrons.